The largest absolute Gasteiger partial charge is 0.334 e. The second-order valence-electron chi connectivity index (χ2n) is 9.13. The third-order valence-corrected chi connectivity index (χ3v) is 6.45. The molecule has 7 nitrogen and oxygen atoms in total. The van der Waals surface area contributed by atoms with Crippen molar-refractivity contribution >= 4 is 29.3 Å². The predicted molar refractivity (Wildman–Crippen MR) is 132 cm³/mol. The molecule has 1 aromatic heterocycles. The molecule has 0 saturated heterocycles. The zero-order chi connectivity index (χ0) is 25.3. The Labute approximate surface area is 209 Å². The van der Waals surface area contributed by atoms with Gasteiger partial charge in [-0.15, -0.1) is 0 Å². The second-order valence-corrected chi connectivity index (χ2v) is 9.52. The first-order valence-electron chi connectivity index (χ1n) is 11.7. The molecule has 0 radical (unpaired) electrons. The molecule has 1 amide bonds. The molecule has 3 heterocycles. The van der Waals surface area contributed by atoms with E-state index in [-0.39, 0.29) is 24.4 Å². The molecule has 0 N–H and O–H groups in total. The summed E-state index contributed by atoms with van der Waals surface area (Å²) in [5, 5.41) is 0.333. The number of fused-ring (bicyclic) bond motifs is 1. The highest BCUT2D eigenvalue weighted by molar-refractivity contribution is 6.29. The zero-order valence-electron chi connectivity index (χ0n) is 20.3. The van der Waals surface area contributed by atoms with Crippen LogP contribution in [0.15, 0.2) is 46.5 Å². The van der Waals surface area contributed by atoms with Crippen LogP contribution in [0.25, 0.3) is 0 Å². The van der Waals surface area contributed by atoms with Crippen molar-refractivity contribution < 1.29 is 13.6 Å². The van der Waals surface area contributed by atoms with Crippen LogP contribution in [0.2, 0.25) is 5.15 Å². The normalized spacial score (nSPS) is 20.9. The summed E-state index contributed by atoms with van der Waals surface area (Å²) >= 11 is 6.02. The van der Waals surface area contributed by atoms with Crippen molar-refractivity contribution in [3.05, 3.63) is 64.4 Å². The van der Waals surface area contributed by atoms with Gasteiger partial charge in [0.25, 0.3) is 5.91 Å². The lowest BCUT2D eigenvalue weighted by molar-refractivity contribution is -0.128. The second kappa shape index (κ2) is 10.3. The topological polar surface area (TPSA) is 64.4 Å². The fourth-order valence-corrected chi connectivity index (χ4v) is 4.37. The van der Waals surface area contributed by atoms with E-state index in [9.17, 15) is 13.6 Å². The van der Waals surface area contributed by atoms with Crippen LogP contribution in [0.3, 0.4) is 0 Å². The Kier molecular flexibility index (Phi) is 7.35. The molecule has 0 aliphatic carbocycles. The monoisotopic (exact) mass is 502 g/mol. The smallest absolute Gasteiger partial charge is 0.253 e. The maximum absolute atomic E-state index is 14.0. The number of halogens is 3. The fraction of sp³-hybridized carbons (Fsp3) is 0.440. The van der Waals surface area contributed by atoms with Gasteiger partial charge in [-0.25, -0.2) is 18.8 Å². The number of pyridine rings is 1. The number of aliphatic imine (C=N–C) groups is 2. The molecule has 186 valence electrons. The van der Waals surface area contributed by atoms with Crippen molar-refractivity contribution in [3.8, 4) is 0 Å². The first-order chi connectivity index (χ1) is 16.7. The van der Waals surface area contributed by atoms with Crippen LogP contribution in [-0.4, -0.2) is 69.2 Å². The Morgan fingerprint density at radius 1 is 1.14 bits per heavy atom. The van der Waals surface area contributed by atoms with Gasteiger partial charge in [0.15, 0.2) is 11.6 Å². The summed E-state index contributed by atoms with van der Waals surface area (Å²) in [6, 6.07) is 6.62. The number of nitrogens with zero attached hydrogens (tertiary/aromatic N) is 6. The number of rotatable bonds is 5. The van der Waals surface area contributed by atoms with Crippen LogP contribution >= 0.6 is 11.6 Å². The fourth-order valence-electron chi connectivity index (χ4n) is 4.26. The zero-order valence-corrected chi connectivity index (χ0v) is 21.0. The number of amides is 1. The molecule has 1 aromatic carbocycles. The molecule has 35 heavy (non-hydrogen) atoms. The number of hydrogen-bond donors (Lipinski definition) is 0. The summed E-state index contributed by atoms with van der Waals surface area (Å²) in [6.07, 6.45) is 1.60. The van der Waals surface area contributed by atoms with Crippen LogP contribution in [0, 0.1) is 17.6 Å². The van der Waals surface area contributed by atoms with E-state index in [2.05, 4.69) is 23.7 Å². The number of carbonyl (C=O) groups excluding carboxylic acids is 1. The van der Waals surface area contributed by atoms with E-state index < -0.39 is 17.7 Å². The molecule has 2 aliphatic heterocycles. The van der Waals surface area contributed by atoms with Gasteiger partial charge in [-0.3, -0.25) is 14.7 Å². The summed E-state index contributed by atoms with van der Waals surface area (Å²) in [5.41, 5.74) is 1.24. The van der Waals surface area contributed by atoms with Gasteiger partial charge in [-0.05, 0) is 49.6 Å². The Bertz CT molecular complexity index is 1150. The summed E-state index contributed by atoms with van der Waals surface area (Å²) in [4.78, 5) is 33.0. The third kappa shape index (κ3) is 5.29. The van der Waals surface area contributed by atoms with E-state index in [1.54, 1.807) is 36.2 Å². The van der Waals surface area contributed by atoms with Gasteiger partial charge < -0.3 is 9.80 Å². The molecule has 2 aromatic rings. The van der Waals surface area contributed by atoms with E-state index in [1.165, 1.54) is 6.07 Å². The van der Waals surface area contributed by atoms with Gasteiger partial charge in [0.05, 0.1) is 12.7 Å². The van der Waals surface area contributed by atoms with Gasteiger partial charge in [0, 0.05) is 31.4 Å². The minimum absolute atomic E-state index is 0.0317. The lowest BCUT2D eigenvalue weighted by Crippen LogP contribution is -2.50. The highest BCUT2D eigenvalue weighted by Crippen LogP contribution is 2.24. The highest BCUT2D eigenvalue weighted by atomic mass is 35.5. The van der Waals surface area contributed by atoms with Crippen molar-refractivity contribution in [3.63, 3.8) is 0 Å². The quantitative estimate of drug-likeness (QED) is 0.576. The number of likely N-dealkylation sites (N-methyl/N-ethyl adjacent to an activating group) is 1. The van der Waals surface area contributed by atoms with Crippen LogP contribution < -0.4 is 0 Å². The van der Waals surface area contributed by atoms with Crippen LogP contribution in [0.4, 0.5) is 8.78 Å². The summed E-state index contributed by atoms with van der Waals surface area (Å²) in [7, 11) is 0. The van der Waals surface area contributed by atoms with Crippen molar-refractivity contribution in [1.82, 2.24) is 19.7 Å². The highest BCUT2D eigenvalue weighted by Gasteiger charge is 2.37. The van der Waals surface area contributed by atoms with Gasteiger partial charge in [0.1, 0.15) is 17.0 Å². The minimum Gasteiger partial charge on any atom is -0.334 e. The van der Waals surface area contributed by atoms with E-state index >= 15 is 0 Å². The van der Waals surface area contributed by atoms with E-state index in [0.29, 0.717) is 47.8 Å². The van der Waals surface area contributed by atoms with Crippen molar-refractivity contribution in [2.24, 2.45) is 15.9 Å². The molecule has 0 fully saturated rings. The number of hydrogen-bond acceptors (Lipinski definition) is 6. The first-order valence-corrected chi connectivity index (χ1v) is 12.1. The van der Waals surface area contributed by atoms with Gasteiger partial charge >= 0.3 is 0 Å². The molecule has 0 bridgehead atoms. The van der Waals surface area contributed by atoms with Crippen molar-refractivity contribution in [1.29, 1.82) is 0 Å². The molecule has 2 atom stereocenters. The van der Waals surface area contributed by atoms with Gasteiger partial charge in [-0.2, -0.15) is 0 Å². The Hall–Kier alpha value is -3.07. The Morgan fingerprint density at radius 2 is 1.91 bits per heavy atom. The summed E-state index contributed by atoms with van der Waals surface area (Å²) in [6.45, 7) is 9.54. The average molecular weight is 503 g/mol. The first kappa shape index (κ1) is 25.0. The molecular weight excluding hydrogens is 474 g/mol. The van der Waals surface area contributed by atoms with E-state index in [0.717, 1.165) is 6.07 Å². The number of aromatic nitrogens is 1. The summed E-state index contributed by atoms with van der Waals surface area (Å²) in [5.74, 6) is -0.552. The molecule has 4 rings (SSSR count). The van der Waals surface area contributed by atoms with Crippen molar-refractivity contribution in [2.75, 3.05) is 19.8 Å². The standard InChI is InChI=1S/C25H29ClF2N6O/c1-5-34-24(35)16(4)30-23(18-7-9-22(26)29-11-18)32(12-17-6-8-19(27)20(28)10-17)14-33-13-21(15(2)3)31-25(33)34/h6-11,15-16,21H,5,12-14H2,1-4H3/t16?,21-/m0/s1. The molecule has 0 spiro atoms. The Morgan fingerprint density at radius 3 is 2.54 bits per heavy atom. The lowest BCUT2D eigenvalue weighted by atomic mass is 10.1. The average Bonchev–Trinajstić information content (AvgIpc) is 3.24. The molecular formula is C25H29ClF2N6O. The Balaban J connectivity index is 1.82. The van der Waals surface area contributed by atoms with Crippen LogP contribution in [-0.2, 0) is 11.3 Å². The molecule has 10 heteroatoms. The van der Waals surface area contributed by atoms with E-state index in [4.69, 9.17) is 21.6 Å². The number of carbonyl (C=O) groups is 1. The maximum atomic E-state index is 14.0. The third-order valence-electron chi connectivity index (χ3n) is 6.22. The number of guanidine groups is 1. The molecule has 2 aliphatic rings. The number of benzene rings is 1. The lowest BCUT2D eigenvalue weighted by Gasteiger charge is -2.33. The maximum Gasteiger partial charge on any atom is 0.253 e. The molecule has 0 saturated carbocycles. The number of amidine groups is 1. The SMILES string of the molecule is CCN1C(=O)C(C)N=C(c2ccc(Cl)nc2)N(Cc2ccc(F)c(F)c2)CN2C[C@@H](C(C)C)N=C21. The van der Waals surface area contributed by atoms with Crippen LogP contribution in [0.5, 0.6) is 0 Å². The summed E-state index contributed by atoms with van der Waals surface area (Å²) < 4.78 is 27.6. The van der Waals surface area contributed by atoms with Crippen molar-refractivity contribution in [2.45, 2.75) is 46.3 Å². The molecule has 1 unspecified atom stereocenters. The van der Waals surface area contributed by atoms with E-state index in [1.807, 2.05) is 11.8 Å². The van der Waals surface area contributed by atoms with Gasteiger partial charge in [-0.1, -0.05) is 31.5 Å². The minimum atomic E-state index is -0.914. The predicted octanol–water partition coefficient (Wildman–Crippen LogP) is 4.17. The van der Waals surface area contributed by atoms with Crippen LogP contribution in [0.1, 0.15) is 38.8 Å². The van der Waals surface area contributed by atoms with Gasteiger partial charge in [0.2, 0.25) is 5.96 Å².